The summed E-state index contributed by atoms with van der Waals surface area (Å²) in [4.78, 5) is 26.8. The van der Waals surface area contributed by atoms with E-state index in [1.807, 2.05) is 34.0 Å². The van der Waals surface area contributed by atoms with Crippen LogP contribution in [0.5, 0.6) is 5.75 Å². The zero-order chi connectivity index (χ0) is 21.2. The summed E-state index contributed by atoms with van der Waals surface area (Å²) in [5.74, 6) is 1.75. The van der Waals surface area contributed by atoms with Gasteiger partial charge in [-0.05, 0) is 48.8 Å². The molecular weight excluding hydrogens is 392 g/mol. The van der Waals surface area contributed by atoms with Gasteiger partial charge in [0.05, 0.1) is 13.2 Å². The Bertz CT molecular complexity index is 1090. The van der Waals surface area contributed by atoms with Gasteiger partial charge in [-0.2, -0.15) is 0 Å². The molecule has 0 radical (unpaired) electrons. The van der Waals surface area contributed by atoms with Gasteiger partial charge in [0, 0.05) is 37.5 Å². The molecular formula is C25H28N2O4. The molecule has 2 aromatic heterocycles. The number of amides is 1. The maximum Gasteiger partial charge on any atom is 0.227 e. The van der Waals surface area contributed by atoms with Crippen molar-refractivity contribution in [3.8, 4) is 5.75 Å². The van der Waals surface area contributed by atoms with E-state index in [4.69, 9.17) is 9.15 Å². The van der Waals surface area contributed by atoms with Crippen molar-refractivity contribution in [2.45, 2.75) is 38.6 Å². The highest BCUT2D eigenvalue weighted by Gasteiger charge is 2.31. The number of rotatable bonds is 6. The molecule has 0 N–H and O–H groups in total. The number of aromatic nitrogens is 1. The van der Waals surface area contributed by atoms with Crippen molar-refractivity contribution in [3.63, 3.8) is 0 Å². The predicted molar refractivity (Wildman–Crippen MR) is 118 cm³/mol. The molecule has 1 amide bonds. The standard InChI is InChI=1S/C25H28N2O4/c28-23-12-22(15-26-13-20-4-1-2-5-21(20)14-26)30-17-24(23)31-16-18-6-8-19(9-7-18)25(29)27-10-3-11-27/h1-2,4-5,12-14,17-19H,3,6-11,15-16H2. The zero-order valence-electron chi connectivity index (χ0n) is 17.7. The molecule has 3 heterocycles. The quantitative estimate of drug-likeness (QED) is 0.603. The minimum atomic E-state index is -0.153. The van der Waals surface area contributed by atoms with Gasteiger partial charge in [0.15, 0.2) is 0 Å². The predicted octanol–water partition coefficient (Wildman–Crippen LogP) is 4.06. The first kappa shape index (κ1) is 19.9. The van der Waals surface area contributed by atoms with Crippen molar-refractivity contribution in [2.75, 3.05) is 19.7 Å². The fraction of sp³-hybridized carbons (Fsp3) is 0.440. The van der Waals surface area contributed by atoms with Crippen LogP contribution in [-0.4, -0.2) is 35.1 Å². The summed E-state index contributed by atoms with van der Waals surface area (Å²) >= 11 is 0. The summed E-state index contributed by atoms with van der Waals surface area (Å²) in [6.45, 7) is 2.85. The second-order valence-electron chi connectivity index (χ2n) is 8.84. The lowest BCUT2D eigenvalue weighted by Gasteiger charge is -2.36. The lowest BCUT2D eigenvalue weighted by Crippen LogP contribution is -2.46. The second-order valence-corrected chi connectivity index (χ2v) is 8.84. The number of carbonyl (C=O) groups excluding carboxylic acids is 1. The highest BCUT2D eigenvalue weighted by molar-refractivity contribution is 5.82. The van der Waals surface area contributed by atoms with Crippen molar-refractivity contribution < 1.29 is 13.9 Å². The van der Waals surface area contributed by atoms with Gasteiger partial charge in [0.25, 0.3) is 0 Å². The van der Waals surface area contributed by atoms with E-state index in [9.17, 15) is 9.59 Å². The van der Waals surface area contributed by atoms with Crippen LogP contribution >= 0.6 is 0 Å². The number of hydrogen-bond donors (Lipinski definition) is 0. The number of carbonyl (C=O) groups is 1. The Labute approximate surface area is 181 Å². The molecule has 1 aliphatic heterocycles. The van der Waals surface area contributed by atoms with Crippen LogP contribution in [0.15, 0.2) is 58.2 Å². The third-order valence-electron chi connectivity index (χ3n) is 6.63. The second kappa shape index (κ2) is 8.61. The molecule has 0 spiro atoms. The molecule has 3 aromatic rings. The van der Waals surface area contributed by atoms with E-state index in [-0.39, 0.29) is 17.1 Å². The Morgan fingerprint density at radius 2 is 1.77 bits per heavy atom. The molecule has 0 atom stereocenters. The summed E-state index contributed by atoms with van der Waals surface area (Å²) in [5.41, 5.74) is -0.153. The average molecular weight is 421 g/mol. The van der Waals surface area contributed by atoms with Gasteiger partial charge in [-0.25, -0.2) is 0 Å². The first-order valence-electron chi connectivity index (χ1n) is 11.2. The monoisotopic (exact) mass is 420 g/mol. The molecule has 1 saturated heterocycles. The van der Waals surface area contributed by atoms with Crippen LogP contribution in [0.1, 0.15) is 37.9 Å². The van der Waals surface area contributed by atoms with Crippen LogP contribution < -0.4 is 10.2 Å². The van der Waals surface area contributed by atoms with Crippen LogP contribution in [0.3, 0.4) is 0 Å². The number of fused-ring (bicyclic) bond motifs is 1. The zero-order valence-corrected chi connectivity index (χ0v) is 17.7. The minimum Gasteiger partial charge on any atom is -0.486 e. The Morgan fingerprint density at radius 3 is 2.39 bits per heavy atom. The molecule has 6 heteroatoms. The molecule has 0 bridgehead atoms. The average Bonchev–Trinajstić information content (AvgIpc) is 3.14. The van der Waals surface area contributed by atoms with Crippen LogP contribution in [0, 0.1) is 11.8 Å². The van der Waals surface area contributed by atoms with Crippen LogP contribution in [0.2, 0.25) is 0 Å². The Morgan fingerprint density at radius 1 is 1.06 bits per heavy atom. The molecule has 2 aliphatic rings. The summed E-state index contributed by atoms with van der Waals surface area (Å²) in [5, 5.41) is 2.32. The number of benzene rings is 1. The van der Waals surface area contributed by atoms with E-state index in [1.54, 1.807) is 0 Å². The van der Waals surface area contributed by atoms with Crippen molar-refractivity contribution >= 4 is 16.7 Å². The van der Waals surface area contributed by atoms with Crippen LogP contribution in [0.4, 0.5) is 0 Å². The first-order chi connectivity index (χ1) is 15.2. The molecule has 0 unspecified atom stereocenters. The van der Waals surface area contributed by atoms with E-state index in [1.165, 1.54) is 12.3 Å². The maximum absolute atomic E-state index is 12.5. The van der Waals surface area contributed by atoms with Crippen molar-refractivity contribution in [2.24, 2.45) is 11.8 Å². The molecule has 6 nitrogen and oxygen atoms in total. The van der Waals surface area contributed by atoms with E-state index >= 15 is 0 Å². The summed E-state index contributed by atoms with van der Waals surface area (Å²) < 4.78 is 13.5. The fourth-order valence-electron chi connectivity index (χ4n) is 4.62. The first-order valence-corrected chi connectivity index (χ1v) is 11.2. The van der Waals surface area contributed by atoms with Gasteiger partial charge in [-0.1, -0.05) is 24.3 Å². The van der Waals surface area contributed by atoms with Crippen LogP contribution in [-0.2, 0) is 11.3 Å². The minimum absolute atomic E-state index is 0.153. The number of ether oxygens (including phenoxy) is 1. The van der Waals surface area contributed by atoms with Gasteiger partial charge >= 0.3 is 0 Å². The van der Waals surface area contributed by atoms with Crippen molar-refractivity contribution in [1.82, 2.24) is 9.47 Å². The summed E-state index contributed by atoms with van der Waals surface area (Å²) in [6, 6.07) is 9.66. The highest BCUT2D eigenvalue weighted by Crippen LogP contribution is 2.31. The smallest absolute Gasteiger partial charge is 0.227 e. The Hall–Kier alpha value is -3.02. The Balaban J connectivity index is 1.14. The number of likely N-dealkylation sites (tertiary alicyclic amines) is 1. The lowest BCUT2D eigenvalue weighted by atomic mass is 9.81. The van der Waals surface area contributed by atoms with E-state index in [0.717, 1.165) is 56.0 Å². The van der Waals surface area contributed by atoms with Crippen molar-refractivity contribution in [3.05, 3.63) is 65.0 Å². The van der Waals surface area contributed by atoms with Gasteiger partial charge in [-0.15, -0.1) is 0 Å². The molecule has 162 valence electrons. The molecule has 1 aromatic carbocycles. The number of nitrogens with zero attached hydrogens (tertiary/aromatic N) is 2. The van der Waals surface area contributed by atoms with E-state index in [0.29, 0.717) is 30.7 Å². The molecule has 31 heavy (non-hydrogen) atoms. The topological polar surface area (TPSA) is 64.7 Å². The van der Waals surface area contributed by atoms with Gasteiger partial charge in [0.1, 0.15) is 12.0 Å². The third-order valence-corrected chi connectivity index (χ3v) is 6.63. The maximum atomic E-state index is 12.5. The summed E-state index contributed by atoms with van der Waals surface area (Å²) in [7, 11) is 0. The molecule has 2 fully saturated rings. The van der Waals surface area contributed by atoms with Gasteiger partial charge < -0.3 is 18.6 Å². The Kier molecular flexibility index (Phi) is 5.53. The van der Waals surface area contributed by atoms with E-state index < -0.39 is 0 Å². The number of hydrogen-bond acceptors (Lipinski definition) is 4. The largest absolute Gasteiger partial charge is 0.486 e. The molecule has 1 saturated carbocycles. The third kappa shape index (κ3) is 4.38. The van der Waals surface area contributed by atoms with Gasteiger partial charge in [0.2, 0.25) is 17.1 Å². The molecule has 5 rings (SSSR count). The van der Waals surface area contributed by atoms with E-state index in [2.05, 4.69) is 12.1 Å². The normalized spacial score (nSPS) is 21.1. The lowest BCUT2D eigenvalue weighted by molar-refractivity contribution is -0.140. The summed E-state index contributed by atoms with van der Waals surface area (Å²) in [6.07, 6.45) is 10.4. The van der Waals surface area contributed by atoms with Crippen molar-refractivity contribution in [1.29, 1.82) is 0 Å². The highest BCUT2D eigenvalue weighted by atomic mass is 16.5. The fourth-order valence-corrected chi connectivity index (χ4v) is 4.62. The SMILES string of the molecule is O=C(C1CCC(COc2coc(Cn3cc4ccccc4c3)cc2=O)CC1)N1CCC1. The van der Waals surface area contributed by atoms with Gasteiger partial charge in [-0.3, -0.25) is 9.59 Å². The van der Waals surface area contributed by atoms with Crippen LogP contribution in [0.25, 0.3) is 10.8 Å². The molecule has 1 aliphatic carbocycles.